The molecule has 98 valence electrons. The van der Waals surface area contributed by atoms with E-state index in [2.05, 4.69) is 5.32 Å². The Hall–Kier alpha value is -0.780. The number of nitro benzene ring substituents is 1. The fourth-order valence-electron chi connectivity index (χ4n) is 2.28. The Morgan fingerprint density at radius 1 is 1.56 bits per heavy atom. The third kappa shape index (κ3) is 2.96. The van der Waals surface area contributed by atoms with Crippen molar-refractivity contribution in [3.05, 3.63) is 38.9 Å². The molecule has 2 rings (SSSR count). The standard InChI is InChI=1S/C12H15ClN2O2S/c1-14-11-7-18-6-9(11)4-8-2-3-10(13)5-12(8)15(16)17/h2-3,5,9,11,14H,4,6-7H2,1H3. The smallest absolute Gasteiger partial charge is 0.274 e. The van der Waals surface area contributed by atoms with Crippen molar-refractivity contribution in [2.75, 3.05) is 18.6 Å². The van der Waals surface area contributed by atoms with E-state index in [4.69, 9.17) is 11.6 Å². The predicted molar refractivity (Wildman–Crippen MR) is 75.5 cm³/mol. The second-order valence-electron chi connectivity index (χ2n) is 4.43. The third-order valence-corrected chi connectivity index (χ3v) is 4.79. The zero-order chi connectivity index (χ0) is 13.1. The first-order valence-electron chi connectivity index (χ1n) is 5.79. The van der Waals surface area contributed by atoms with Crippen LogP contribution < -0.4 is 5.32 Å². The quantitative estimate of drug-likeness (QED) is 0.683. The summed E-state index contributed by atoms with van der Waals surface area (Å²) in [4.78, 5) is 10.7. The molecule has 1 N–H and O–H groups in total. The van der Waals surface area contributed by atoms with Gasteiger partial charge in [0.15, 0.2) is 0 Å². The fraction of sp³-hybridized carbons (Fsp3) is 0.500. The Labute approximate surface area is 115 Å². The highest BCUT2D eigenvalue weighted by Crippen LogP contribution is 2.31. The van der Waals surface area contributed by atoms with Crippen molar-refractivity contribution in [2.45, 2.75) is 12.5 Å². The molecular weight excluding hydrogens is 272 g/mol. The summed E-state index contributed by atoms with van der Waals surface area (Å²) < 4.78 is 0. The molecule has 1 fully saturated rings. The van der Waals surface area contributed by atoms with E-state index < -0.39 is 0 Å². The van der Waals surface area contributed by atoms with E-state index in [1.54, 1.807) is 12.1 Å². The van der Waals surface area contributed by atoms with E-state index in [1.807, 2.05) is 18.8 Å². The molecule has 0 aromatic heterocycles. The van der Waals surface area contributed by atoms with Crippen LogP contribution in [-0.2, 0) is 6.42 Å². The molecule has 0 saturated carbocycles. The summed E-state index contributed by atoms with van der Waals surface area (Å²) in [5.74, 6) is 2.56. The zero-order valence-corrected chi connectivity index (χ0v) is 11.6. The summed E-state index contributed by atoms with van der Waals surface area (Å²) in [7, 11) is 1.94. The van der Waals surface area contributed by atoms with Gasteiger partial charge in [0.2, 0.25) is 0 Å². The van der Waals surface area contributed by atoms with Crippen LogP contribution in [0.25, 0.3) is 0 Å². The maximum absolute atomic E-state index is 11.0. The molecule has 2 unspecified atom stereocenters. The molecule has 1 aliphatic heterocycles. The summed E-state index contributed by atoms with van der Waals surface area (Å²) in [6, 6.07) is 5.37. The van der Waals surface area contributed by atoms with Gasteiger partial charge in [0, 0.05) is 28.4 Å². The summed E-state index contributed by atoms with van der Waals surface area (Å²) >= 11 is 7.71. The van der Waals surface area contributed by atoms with Crippen molar-refractivity contribution in [3.8, 4) is 0 Å². The van der Waals surface area contributed by atoms with Crippen LogP contribution in [0.5, 0.6) is 0 Å². The van der Waals surface area contributed by atoms with E-state index in [1.165, 1.54) is 6.07 Å². The van der Waals surface area contributed by atoms with Gasteiger partial charge in [-0.15, -0.1) is 0 Å². The number of nitrogens with one attached hydrogen (secondary N) is 1. The number of benzene rings is 1. The molecular formula is C12H15ClN2O2S. The summed E-state index contributed by atoms with van der Waals surface area (Å²) in [5, 5.41) is 14.7. The average Bonchev–Trinajstić information content (AvgIpc) is 2.78. The van der Waals surface area contributed by atoms with Crippen molar-refractivity contribution in [2.24, 2.45) is 5.92 Å². The topological polar surface area (TPSA) is 55.2 Å². The molecule has 0 spiro atoms. The Balaban J connectivity index is 2.20. The lowest BCUT2D eigenvalue weighted by molar-refractivity contribution is -0.385. The van der Waals surface area contributed by atoms with E-state index >= 15 is 0 Å². The Bertz CT molecular complexity index is 456. The van der Waals surface area contributed by atoms with E-state index in [9.17, 15) is 10.1 Å². The molecule has 6 heteroatoms. The third-order valence-electron chi connectivity index (χ3n) is 3.30. The van der Waals surface area contributed by atoms with Crippen LogP contribution in [0.3, 0.4) is 0 Å². The van der Waals surface area contributed by atoms with Crippen LogP contribution in [0.4, 0.5) is 5.69 Å². The highest BCUT2D eigenvalue weighted by molar-refractivity contribution is 7.99. The molecule has 2 atom stereocenters. The highest BCUT2D eigenvalue weighted by Gasteiger charge is 2.28. The van der Waals surface area contributed by atoms with Crippen LogP contribution in [0.15, 0.2) is 18.2 Å². The van der Waals surface area contributed by atoms with Crippen molar-refractivity contribution in [1.82, 2.24) is 5.32 Å². The molecule has 0 aliphatic carbocycles. The second-order valence-corrected chi connectivity index (χ2v) is 5.94. The fourth-order valence-corrected chi connectivity index (χ4v) is 3.93. The van der Waals surface area contributed by atoms with Crippen LogP contribution in [0.1, 0.15) is 5.56 Å². The van der Waals surface area contributed by atoms with Crippen molar-refractivity contribution in [3.63, 3.8) is 0 Å². The van der Waals surface area contributed by atoms with E-state index in [-0.39, 0.29) is 10.6 Å². The first-order valence-corrected chi connectivity index (χ1v) is 7.33. The highest BCUT2D eigenvalue weighted by atomic mass is 35.5. The molecule has 18 heavy (non-hydrogen) atoms. The van der Waals surface area contributed by atoms with Gasteiger partial charge in [0.25, 0.3) is 5.69 Å². The maximum Gasteiger partial charge on any atom is 0.274 e. The normalized spacial score (nSPS) is 23.2. The SMILES string of the molecule is CNC1CSCC1Cc1ccc(Cl)cc1[N+](=O)[O-]. The molecule has 4 nitrogen and oxygen atoms in total. The summed E-state index contributed by atoms with van der Waals surface area (Å²) in [6.07, 6.45) is 0.728. The average molecular weight is 287 g/mol. The molecule has 1 saturated heterocycles. The molecule has 0 amide bonds. The second kappa shape index (κ2) is 5.91. The number of nitrogens with zero attached hydrogens (tertiary/aromatic N) is 1. The van der Waals surface area contributed by atoms with Gasteiger partial charge in [0.1, 0.15) is 0 Å². The molecule has 1 heterocycles. The number of rotatable bonds is 4. The first-order chi connectivity index (χ1) is 8.61. The Morgan fingerprint density at radius 2 is 2.33 bits per heavy atom. The van der Waals surface area contributed by atoms with E-state index in [0.717, 1.165) is 23.5 Å². The molecule has 0 bridgehead atoms. The summed E-state index contributed by atoms with van der Waals surface area (Å²) in [6.45, 7) is 0. The van der Waals surface area contributed by atoms with Crippen molar-refractivity contribution >= 4 is 29.1 Å². The number of halogens is 1. The monoisotopic (exact) mass is 286 g/mol. The van der Waals surface area contributed by atoms with Crippen molar-refractivity contribution < 1.29 is 4.92 Å². The van der Waals surface area contributed by atoms with Gasteiger partial charge in [-0.3, -0.25) is 10.1 Å². The van der Waals surface area contributed by atoms with Gasteiger partial charge in [-0.25, -0.2) is 0 Å². The predicted octanol–water partition coefficient (Wildman–Crippen LogP) is 2.74. The molecule has 1 aliphatic rings. The Morgan fingerprint density at radius 3 is 3.00 bits per heavy atom. The van der Waals surface area contributed by atoms with Gasteiger partial charge >= 0.3 is 0 Å². The minimum absolute atomic E-state index is 0.134. The van der Waals surface area contributed by atoms with Crippen molar-refractivity contribution in [1.29, 1.82) is 0 Å². The van der Waals surface area contributed by atoms with Crippen LogP contribution in [0, 0.1) is 16.0 Å². The molecule has 0 radical (unpaired) electrons. The van der Waals surface area contributed by atoms with Crippen LogP contribution in [-0.4, -0.2) is 29.5 Å². The lowest BCUT2D eigenvalue weighted by Gasteiger charge is -2.17. The van der Waals surface area contributed by atoms with Crippen LogP contribution >= 0.6 is 23.4 Å². The minimum Gasteiger partial charge on any atom is -0.316 e. The molecule has 1 aromatic rings. The number of nitro groups is 1. The lowest BCUT2D eigenvalue weighted by atomic mass is 9.94. The lowest BCUT2D eigenvalue weighted by Crippen LogP contribution is -2.33. The van der Waals surface area contributed by atoms with Crippen LogP contribution in [0.2, 0.25) is 5.02 Å². The zero-order valence-electron chi connectivity index (χ0n) is 10.1. The Kier molecular flexibility index (Phi) is 4.48. The number of thioether (sulfide) groups is 1. The minimum atomic E-state index is -0.350. The number of hydrogen-bond acceptors (Lipinski definition) is 4. The summed E-state index contributed by atoms with van der Waals surface area (Å²) in [5.41, 5.74) is 0.909. The van der Waals surface area contributed by atoms with Gasteiger partial charge in [-0.1, -0.05) is 17.7 Å². The van der Waals surface area contributed by atoms with E-state index in [0.29, 0.717) is 17.0 Å². The molecule has 1 aromatic carbocycles. The maximum atomic E-state index is 11.0. The van der Waals surface area contributed by atoms with Gasteiger partial charge in [0.05, 0.1) is 4.92 Å². The number of hydrogen-bond donors (Lipinski definition) is 1. The van der Waals surface area contributed by atoms with Gasteiger partial charge < -0.3 is 5.32 Å². The van der Waals surface area contributed by atoms with Gasteiger partial charge in [-0.05, 0) is 31.2 Å². The largest absolute Gasteiger partial charge is 0.316 e. The first kappa shape index (κ1) is 13.6. The van der Waals surface area contributed by atoms with Gasteiger partial charge in [-0.2, -0.15) is 11.8 Å².